The van der Waals surface area contributed by atoms with E-state index in [1.54, 1.807) is 0 Å². The number of carbonyl (C=O) groups is 1. The molecule has 0 bridgehead atoms. The summed E-state index contributed by atoms with van der Waals surface area (Å²) in [4.78, 5) is 8.00. The van der Waals surface area contributed by atoms with E-state index in [-0.39, 0.29) is 6.15 Å². The van der Waals surface area contributed by atoms with E-state index >= 15 is 0 Å². The van der Waals surface area contributed by atoms with Crippen molar-refractivity contribution in [1.29, 1.82) is 0 Å². The third-order valence-electron chi connectivity index (χ3n) is 0. The van der Waals surface area contributed by atoms with Gasteiger partial charge >= 0.3 is 0 Å². The maximum Gasteiger partial charge on any atom is 0.106 e. The van der Waals surface area contributed by atoms with E-state index in [0.29, 0.717) is 0 Å². The van der Waals surface area contributed by atoms with Crippen molar-refractivity contribution < 1.29 is 9.90 Å². The summed E-state index contributed by atoms with van der Waals surface area (Å²) in [6, 6.07) is 0. The molecule has 1 radical (unpaired) electrons. The fourth-order valence-electron chi connectivity index (χ4n) is 0. The third-order valence-corrected chi connectivity index (χ3v) is 0. The van der Waals surface area contributed by atoms with Gasteiger partial charge in [0.2, 0.25) is 0 Å². The molecule has 0 unspecified atom stereocenters. The molecule has 33 valence electrons. The van der Waals surface area contributed by atoms with Crippen LogP contribution in [0.15, 0.2) is 0 Å². The zero-order valence-corrected chi connectivity index (χ0v) is 3.14. The minimum absolute atomic E-state index is 0. The quantitative estimate of drug-likeness (QED) is 0.419. The molecule has 0 atom stereocenters. The second-order valence-electron chi connectivity index (χ2n) is 0. The SMILES string of the molecule is C=O.CO.[NH2]. The molecule has 0 aromatic carbocycles. The highest BCUT2D eigenvalue weighted by Crippen LogP contribution is 0.755. The van der Waals surface area contributed by atoms with Gasteiger partial charge in [-0.1, -0.05) is 0 Å². The second kappa shape index (κ2) is 143. The lowest BCUT2D eigenvalue weighted by molar-refractivity contribution is -0.0979. The van der Waals surface area contributed by atoms with Gasteiger partial charge in [-0.25, -0.2) is 0 Å². The van der Waals surface area contributed by atoms with Crippen LogP contribution in [-0.4, -0.2) is 19.0 Å². The Balaban J connectivity index is -0.0000000133. The Morgan fingerprint density at radius 3 is 1.40 bits per heavy atom. The van der Waals surface area contributed by atoms with E-state index < -0.39 is 0 Å². The predicted octanol–water partition coefficient (Wildman–Crippen LogP) is -0.629. The van der Waals surface area contributed by atoms with Crippen LogP contribution in [0.2, 0.25) is 0 Å². The molecule has 0 aliphatic carbocycles. The molecule has 0 saturated heterocycles. The van der Waals surface area contributed by atoms with Gasteiger partial charge in [-0.05, 0) is 0 Å². The van der Waals surface area contributed by atoms with Gasteiger partial charge in [-0.2, -0.15) is 0 Å². The number of aliphatic hydroxyl groups excluding tert-OH is 1. The van der Waals surface area contributed by atoms with Crippen molar-refractivity contribution in [3.63, 3.8) is 0 Å². The second-order valence-corrected chi connectivity index (χ2v) is 0. The van der Waals surface area contributed by atoms with Gasteiger partial charge in [0.25, 0.3) is 0 Å². The predicted molar refractivity (Wildman–Crippen MR) is 19.3 cm³/mol. The first-order valence-corrected chi connectivity index (χ1v) is 0.736. The van der Waals surface area contributed by atoms with Gasteiger partial charge in [-0.3, -0.25) is 6.15 Å². The van der Waals surface area contributed by atoms with E-state index in [2.05, 4.69) is 0 Å². The standard InChI is InChI=1S/CH4O.CH2O.H2N/c2*1-2;/h2H,1H3;1H2;1H2. The van der Waals surface area contributed by atoms with Crippen molar-refractivity contribution in [3.05, 3.63) is 0 Å². The van der Waals surface area contributed by atoms with Crippen molar-refractivity contribution in [2.24, 2.45) is 0 Å². The molecule has 0 aromatic heterocycles. The number of hydrogen-bond acceptors (Lipinski definition) is 2. The Bertz CT molecular complexity index is 7.61. The summed E-state index contributed by atoms with van der Waals surface area (Å²) >= 11 is 0. The molecule has 0 spiro atoms. The van der Waals surface area contributed by atoms with Crippen LogP contribution < -0.4 is 6.15 Å². The molecular formula is C2H8NO2. The monoisotopic (exact) mass is 78.1 g/mol. The van der Waals surface area contributed by atoms with Crippen LogP contribution in [0.4, 0.5) is 0 Å². The normalized spacial score (nSPS) is 2.00. The van der Waals surface area contributed by atoms with E-state index in [1.165, 1.54) is 0 Å². The molecular weight excluding hydrogens is 70.0 g/mol. The summed E-state index contributed by atoms with van der Waals surface area (Å²) in [7, 11) is 1.00. The van der Waals surface area contributed by atoms with Gasteiger partial charge in [0.1, 0.15) is 6.79 Å². The van der Waals surface area contributed by atoms with E-state index in [9.17, 15) is 0 Å². The Morgan fingerprint density at radius 1 is 1.40 bits per heavy atom. The first kappa shape index (κ1) is 23.4. The van der Waals surface area contributed by atoms with Crippen LogP contribution in [-0.2, 0) is 4.79 Å². The summed E-state index contributed by atoms with van der Waals surface area (Å²) in [6.45, 7) is 2.00. The van der Waals surface area contributed by atoms with Crippen LogP contribution >= 0.6 is 0 Å². The average Bonchev–Trinajstić information content (AvgIpc) is 1.50. The first-order valence-electron chi connectivity index (χ1n) is 0.736. The molecule has 0 aliphatic heterocycles. The molecule has 0 heterocycles. The Labute approximate surface area is 31.2 Å². The highest BCUT2D eigenvalue weighted by atomic mass is 16.2. The van der Waals surface area contributed by atoms with E-state index in [4.69, 9.17) is 9.90 Å². The van der Waals surface area contributed by atoms with Crippen LogP contribution in [0.1, 0.15) is 0 Å². The summed E-state index contributed by atoms with van der Waals surface area (Å²) in [6.07, 6.45) is 0. The van der Waals surface area contributed by atoms with Crippen LogP contribution in [0.3, 0.4) is 0 Å². The van der Waals surface area contributed by atoms with Gasteiger partial charge in [0.15, 0.2) is 0 Å². The molecule has 0 amide bonds. The van der Waals surface area contributed by atoms with Crippen molar-refractivity contribution in [2.45, 2.75) is 0 Å². The van der Waals surface area contributed by atoms with Crippen LogP contribution in [0.25, 0.3) is 0 Å². The minimum atomic E-state index is 0. The largest absolute Gasteiger partial charge is 0.400 e. The molecule has 0 aromatic rings. The van der Waals surface area contributed by atoms with Crippen molar-refractivity contribution in [2.75, 3.05) is 7.11 Å². The number of rotatable bonds is 0. The highest BCUT2D eigenvalue weighted by molar-refractivity contribution is 5.10. The van der Waals surface area contributed by atoms with Crippen LogP contribution in [0, 0.1) is 0 Å². The summed E-state index contributed by atoms with van der Waals surface area (Å²) in [5, 5.41) is 7.00. The summed E-state index contributed by atoms with van der Waals surface area (Å²) in [5.41, 5.74) is 0. The molecule has 5 heavy (non-hydrogen) atoms. The molecule has 0 fully saturated rings. The fraction of sp³-hybridized carbons (Fsp3) is 0.500. The maximum absolute atomic E-state index is 8.00. The zero-order valence-electron chi connectivity index (χ0n) is 3.14. The summed E-state index contributed by atoms with van der Waals surface area (Å²) < 4.78 is 0. The lowest BCUT2D eigenvalue weighted by Crippen LogP contribution is -1.25. The average molecular weight is 78.1 g/mol. The lowest BCUT2D eigenvalue weighted by Gasteiger charge is -1.21. The Hall–Kier alpha value is -0.410. The van der Waals surface area contributed by atoms with E-state index in [0.717, 1.165) is 7.11 Å². The topological polar surface area (TPSA) is 70.8 Å². The van der Waals surface area contributed by atoms with Crippen molar-refractivity contribution in [3.8, 4) is 0 Å². The third kappa shape index (κ3) is 54.0. The lowest BCUT2D eigenvalue weighted by atomic mass is 11.8. The maximum atomic E-state index is 8.00. The highest BCUT2D eigenvalue weighted by Gasteiger charge is 0.839. The van der Waals surface area contributed by atoms with Gasteiger partial charge in [-0.15, -0.1) is 0 Å². The number of carbonyl (C=O) groups excluding carboxylic acids is 1. The molecule has 0 saturated carbocycles. The molecule has 3 heteroatoms. The molecule has 3 N–H and O–H groups in total. The first-order chi connectivity index (χ1) is 2.00. The van der Waals surface area contributed by atoms with Crippen LogP contribution in [0.5, 0.6) is 0 Å². The fourth-order valence-corrected chi connectivity index (χ4v) is 0. The van der Waals surface area contributed by atoms with Gasteiger partial charge < -0.3 is 9.90 Å². The van der Waals surface area contributed by atoms with Crippen molar-refractivity contribution >= 4 is 6.79 Å². The smallest absolute Gasteiger partial charge is 0.106 e. The Kier molecular flexibility index (Phi) is 670. The molecule has 0 aliphatic rings. The summed E-state index contributed by atoms with van der Waals surface area (Å²) in [5.74, 6) is 0. The number of aliphatic hydroxyl groups is 1. The number of hydrogen-bond donors (Lipinski definition) is 1. The minimum Gasteiger partial charge on any atom is -0.400 e. The van der Waals surface area contributed by atoms with E-state index in [1.807, 2.05) is 6.79 Å². The van der Waals surface area contributed by atoms with Gasteiger partial charge in [0.05, 0.1) is 0 Å². The van der Waals surface area contributed by atoms with Gasteiger partial charge in [0, 0.05) is 7.11 Å². The van der Waals surface area contributed by atoms with Crippen molar-refractivity contribution in [1.82, 2.24) is 6.15 Å². The molecule has 3 nitrogen and oxygen atoms in total. The number of nitrogens with two attached hydrogens (primary N) is 1. The Morgan fingerprint density at radius 2 is 1.40 bits per heavy atom. The zero-order chi connectivity index (χ0) is 4.00. The molecule has 0 rings (SSSR count).